The van der Waals surface area contributed by atoms with Gasteiger partial charge in [0.15, 0.2) is 0 Å². The van der Waals surface area contributed by atoms with E-state index in [0.717, 1.165) is 6.42 Å². The number of ether oxygens (including phenoxy) is 2. The van der Waals surface area contributed by atoms with E-state index in [1.807, 2.05) is 20.8 Å². The topological polar surface area (TPSA) is 52.6 Å². The van der Waals surface area contributed by atoms with Crippen LogP contribution >= 0.6 is 15.9 Å². The average molecular weight is 305 g/mol. The van der Waals surface area contributed by atoms with Crippen LogP contribution in [0.15, 0.2) is 0 Å². The monoisotopic (exact) mass is 304 g/mol. The Balaban J connectivity index is 1.88. The van der Waals surface area contributed by atoms with Crippen molar-refractivity contribution >= 4 is 27.9 Å². The Morgan fingerprint density at radius 2 is 2.18 bits per heavy atom. The van der Waals surface area contributed by atoms with E-state index in [9.17, 15) is 9.59 Å². The molecule has 1 heterocycles. The molecule has 0 aromatic rings. The fraction of sp³-hybridized carbons (Fsp3) is 0.833. The Morgan fingerprint density at radius 3 is 2.65 bits per heavy atom. The van der Waals surface area contributed by atoms with Crippen LogP contribution < -0.4 is 0 Å². The summed E-state index contributed by atoms with van der Waals surface area (Å²) < 4.78 is 10.3. The molecule has 0 bridgehead atoms. The maximum atomic E-state index is 11.7. The van der Waals surface area contributed by atoms with Crippen LogP contribution in [0.3, 0.4) is 0 Å². The number of rotatable bonds is 2. The van der Waals surface area contributed by atoms with E-state index < -0.39 is 5.60 Å². The van der Waals surface area contributed by atoms with Crippen molar-refractivity contribution in [2.75, 3.05) is 0 Å². The number of esters is 2. The highest BCUT2D eigenvalue weighted by Crippen LogP contribution is 2.46. The molecule has 0 aromatic heterocycles. The van der Waals surface area contributed by atoms with Crippen molar-refractivity contribution in [2.45, 2.75) is 50.1 Å². The van der Waals surface area contributed by atoms with Crippen molar-refractivity contribution < 1.29 is 19.1 Å². The van der Waals surface area contributed by atoms with Crippen LogP contribution in [0.4, 0.5) is 0 Å². The van der Waals surface area contributed by atoms with Gasteiger partial charge in [0.05, 0.1) is 10.7 Å². The van der Waals surface area contributed by atoms with E-state index in [2.05, 4.69) is 15.9 Å². The molecule has 0 amide bonds. The molecular formula is C12H17BrO4. The molecule has 1 saturated carbocycles. The molecule has 0 spiro atoms. The number of carbonyl (C=O) groups excluding carboxylic acids is 2. The van der Waals surface area contributed by atoms with E-state index in [0.29, 0.717) is 6.42 Å². The molecule has 1 saturated heterocycles. The summed E-state index contributed by atoms with van der Waals surface area (Å²) in [5, 5.41) is 0. The molecule has 5 heteroatoms. The van der Waals surface area contributed by atoms with E-state index in [-0.39, 0.29) is 34.7 Å². The molecule has 17 heavy (non-hydrogen) atoms. The van der Waals surface area contributed by atoms with Crippen LogP contribution in [0.25, 0.3) is 0 Å². The molecule has 4 atom stereocenters. The second-order valence-electron chi connectivity index (χ2n) is 5.74. The number of hydrogen-bond acceptors (Lipinski definition) is 4. The van der Waals surface area contributed by atoms with Gasteiger partial charge >= 0.3 is 11.9 Å². The molecule has 0 aromatic carbocycles. The summed E-state index contributed by atoms with van der Waals surface area (Å²) in [6, 6.07) is 0. The Labute approximate surface area is 109 Å². The van der Waals surface area contributed by atoms with Crippen LogP contribution in [0, 0.1) is 11.8 Å². The predicted molar refractivity (Wildman–Crippen MR) is 64.7 cm³/mol. The van der Waals surface area contributed by atoms with Crippen LogP contribution in [0.1, 0.15) is 33.6 Å². The summed E-state index contributed by atoms with van der Waals surface area (Å²) in [4.78, 5) is 22.9. The van der Waals surface area contributed by atoms with Gasteiger partial charge in [0.1, 0.15) is 11.7 Å². The summed E-state index contributed by atoms with van der Waals surface area (Å²) in [5.41, 5.74) is -0.456. The summed E-state index contributed by atoms with van der Waals surface area (Å²) in [6.45, 7) is 5.55. The number of carbonyl (C=O) groups is 2. The lowest BCUT2D eigenvalue weighted by Gasteiger charge is -2.31. The van der Waals surface area contributed by atoms with Gasteiger partial charge in [0, 0.05) is 6.42 Å². The zero-order valence-corrected chi connectivity index (χ0v) is 11.8. The fourth-order valence-corrected chi connectivity index (χ4v) is 3.28. The lowest BCUT2D eigenvalue weighted by molar-refractivity contribution is -0.179. The van der Waals surface area contributed by atoms with Gasteiger partial charge in [-0.2, -0.15) is 0 Å². The minimum atomic E-state index is -0.456. The van der Waals surface area contributed by atoms with Crippen molar-refractivity contribution in [3.63, 3.8) is 0 Å². The molecule has 2 aliphatic rings. The molecule has 0 N–H and O–H groups in total. The first-order valence-electron chi connectivity index (χ1n) is 5.84. The van der Waals surface area contributed by atoms with E-state index in [4.69, 9.17) is 9.47 Å². The Bertz CT molecular complexity index is 347. The largest absolute Gasteiger partial charge is 0.460 e. The fourth-order valence-electron chi connectivity index (χ4n) is 2.40. The molecule has 4 nitrogen and oxygen atoms in total. The number of halogens is 1. The van der Waals surface area contributed by atoms with E-state index in [1.54, 1.807) is 0 Å². The first kappa shape index (κ1) is 12.9. The van der Waals surface area contributed by atoms with Gasteiger partial charge in [-0.1, -0.05) is 15.9 Å². The van der Waals surface area contributed by atoms with Crippen molar-refractivity contribution in [3.05, 3.63) is 0 Å². The first-order chi connectivity index (χ1) is 7.78. The van der Waals surface area contributed by atoms with Gasteiger partial charge in [-0.3, -0.25) is 9.59 Å². The highest BCUT2D eigenvalue weighted by molar-refractivity contribution is 9.09. The quantitative estimate of drug-likeness (QED) is 0.579. The third-order valence-electron chi connectivity index (χ3n) is 3.12. The van der Waals surface area contributed by atoms with Gasteiger partial charge in [0.25, 0.3) is 0 Å². The smallest absolute Gasteiger partial charge is 0.313 e. The lowest BCUT2D eigenvalue weighted by Crippen LogP contribution is -2.44. The van der Waals surface area contributed by atoms with Crippen molar-refractivity contribution in [1.82, 2.24) is 0 Å². The molecule has 1 unspecified atom stereocenters. The maximum Gasteiger partial charge on any atom is 0.313 e. The van der Waals surface area contributed by atoms with E-state index in [1.165, 1.54) is 0 Å². The second kappa shape index (κ2) is 4.26. The summed E-state index contributed by atoms with van der Waals surface area (Å²) in [7, 11) is 0. The third kappa shape index (κ3) is 2.64. The molecule has 2 fully saturated rings. The molecule has 1 aliphatic heterocycles. The van der Waals surface area contributed by atoms with Crippen LogP contribution in [0.5, 0.6) is 0 Å². The van der Waals surface area contributed by atoms with E-state index >= 15 is 0 Å². The Hall–Kier alpha value is -0.580. The Morgan fingerprint density at radius 1 is 1.53 bits per heavy atom. The SMILES string of the molecule is CC(C)(C)OC(=O)C[C@@H]1C[C@H]2C(=O)OC2[C@@H]1Br. The van der Waals surface area contributed by atoms with Gasteiger partial charge in [-0.15, -0.1) is 0 Å². The minimum Gasteiger partial charge on any atom is -0.460 e. The maximum absolute atomic E-state index is 11.7. The highest BCUT2D eigenvalue weighted by atomic mass is 79.9. The number of fused-ring (bicyclic) bond motifs is 1. The third-order valence-corrected chi connectivity index (χ3v) is 4.39. The normalized spacial score (nSPS) is 35.9. The average Bonchev–Trinajstić information content (AvgIpc) is 2.38. The van der Waals surface area contributed by atoms with Gasteiger partial charge in [-0.05, 0) is 33.1 Å². The molecular weight excluding hydrogens is 288 g/mol. The molecule has 96 valence electrons. The van der Waals surface area contributed by atoms with Crippen LogP contribution in [-0.2, 0) is 19.1 Å². The van der Waals surface area contributed by atoms with Gasteiger partial charge in [0.2, 0.25) is 0 Å². The van der Waals surface area contributed by atoms with Crippen LogP contribution in [-0.4, -0.2) is 28.5 Å². The summed E-state index contributed by atoms with van der Waals surface area (Å²) >= 11 is 3.51. The lowest BCUT2D eigenvalue weighted by atomic mass is 10.00. The highest BCUT2D eigenvalue weighted by Gasteiger charge is 2.55. The van der Waals surface area contributed by atoms with Gasteiger partial charge in [-0.25, -0.2) is 0 Å². The van der Waals surface area contributed by atoms with Crippen molar-refractivity contribution in [3.8, 4) is 0 Å². The molecule has 0 radical (unpaired) electrons. The molecule has 1 aliphatic carbocycles. The number of hydrogen-bond donors (Lipinski definition) is 0. The molecule has 2 rings (SSSR count). The van der Waals surface area contributed by atoms with Crippen molar-refractivity contribution in [2.24, 2.45) is 11.8 Å². The number of alkyl halides is 1. The second-order valence-corrected chi connectivity index (χ2v) is 6.80. The zero-order chi connectivity index (χ0) is 12.8. The first-order valence-corrected chi connectivity index (χ1v) is 6.76. The summed E-state index contributed by atoms with van der Waals surface area (Å²) in [6.07, 6.45) is 1.02. The standard InChI is InChI=1S/C12H17BrO4/c1-12(2,3)17-8(14)5-6-4-7-10(9(6)13)16-11(7)15/h6-7,9-10H,4-5H2,1-3H3/t6-,7+,9+,10?/m0/s1. The minimum absolute atomic E-state index is 0.0215. The predicted octanol–water partition coefficient (Wildman–Crippen LogP) is 2.04. The van der Waals surface area contributed by atoms with Gasteiger partial charge < -0.3 is 9.47 Å². The Kier molecular flexibility index (Phi) is 3.23. The zero-order valence-electron chi connectivity index (χ0n) is 10.2. The van der Waals surface area contributed by atoms with Crippen LogP contribution in [0.2, 0.25) is 0 Å². The summed E-state index contributed by atoms with van der Waals surface area (Å²) in [5.74, 6) is -0.232. The van der Waals surface area contributed by atoms with Crippen molar-refractivity contribution in [1.29, 1.82) is 0 Å².